The maximum atomic E-state index is 13.3. The van der Waals surface area contributed by atoms with E-state index in [1.165, 1.54) is 0 Å². The molecule has 0 saturated carbocycles. The van der Waals surface area contributed by atoms with E-state index in [-0.39, 0.29) is 0 Å². The normalized spacial score (nSPS) is 15.2. The highest BCUT2D eigenvalue weighted by Crippen LogP contribution is 2.30. The third-order valence-corrected chi connectivity index (χ3v) is 8.61. The number of nitrogens with zero attached hydrogens (tertiary/aromatic N) is 6. The van der Waals surface area contributed by atoms with E-state index in [9.17, 15) is 8.42 Å². The standard InChI is InChI=1S/C27H26N6O3S/c1-36-21-14-12-20(13-15-21)25-29-30-26-23-10-5-6-11-24(23)28-27(33(25)26)31-16-7-17-32(19-18-31)37(34,35)22-8-3-2-4-9-22/h2-6,8-15H,7,16-19H2,1H3. The van der Waals surface area contributed by atoms with Gasteiger partial charge < -0.3 is 9.64 Å². The third kappa shape index (κ3) is 4.17. The van der Waals surface area contributed by atoms with Crippen molar-refractivity contribution in [1.29, 1.82) is 0 Å². The van der Waals surface area contributed by atoms with Gasteiger partial charge in [-0.3, -0.25) is 0 Å². The Morgan fingerprint density at radius 1 is 0.811 bits per heavy atom. The van der Waals surface area contributed by atoms with Crippen LogP contribution in [0.3, 0.4) is 0 Å². The molecule has 0 bridgehead atoms. The summed E-state index contributed by atoms with van der Waals surface area (Å²) in [5.74, 6) is 2.13. The molecule has 0 radical (unpaired) electrons. The molecule has 0 unspecified atom stereocenters. The molecule has 2 aromatic heterocycles. The van der Waals surface area contributed by atoms with Gasteiger partial charge in [0.05, 0.1) is 17.5 Å². The highest BCUT2D eigenvalue weighted by atomic mass is 32.2. The zero-order valence-electron chi connectivity index (χ0n) is 20.4. The van der Waals surface area contributed by atoms with Crippen molar-refractivity contribution >= 4 is 32.5 Å². The van der Waals surface area contributed by atoms with E-state index in [0.717, 1.165) is 22.2 Å². The van der Waals surface area contributed by atoms with Crippen LogP contribution in [-0.2, 0) is 10.0 Å². The van der Waals surface area contributed by atoms with E-state index in [1.54, 1.807) is 35.7 Å². The van der Waals surface area contributed by atoms with Gasteiger partial charge in [0, 0.05) is 37.1 Å². The van der Waals surface area contributed by atoms with Crippen molar-refractivity contribution in [2.75, 3.05) is 38.2 Å². The van der Waals surface area contributed by atoms with Crippen LogP contribution < -0.4 is 9.64 Å². The summed E-state index contributed by atoms with van der Waals surface area (Å²) in [4.78, 5) is 7.47. The Balaban J connectivity index is 1.42. The first kappa shape index (κ1) is 23.4. The zero-order chi connectivity index (χ0) is 25.4. The first-order chi connectivity index (χ1) is 18.1. The van der Waals surface area contributed by atoms with Gasteiger partial charge in [-0.15, -0.1) is 10.2 Å². The SMILES string of the molecule is COc1ccc(-c2nnc3c4ccccc4nc(N4CCCN(S(=O)(=O)c5ccccc5)CC4)n23)cc1. The smallest absolute Gasteiger partial charge is 0.243 e. The van der Waals surface area contributed by atoms with Crippen molar-refractivity contribution in [2.24, 2.45) is 0 Å². The molecule has 3 heterocycles. The monoisotopic (exact) mass is 514 g/mol. The molecule has 0 N–H and O–H groups in total. The maximum absolute atomic E-state index is 13.3. The minimum atomic E-state index is -3.57. The molecule has 0 atom stereocenters. The molecular weight excluding hydrogens is 488 g/mol. The molecule has 3 aromatic carbocycles. The van der Waals surface area contributed by atoms with Crippen molar-refractivity contribution in [3.8, 4) is 17.1 Å². The van der Waals surface area contributed by atoms with Gasteiger partial charge in [0.15, 0.2) is 11.5 Å². The minimum Gasteiger partial charge on any atom is -0.497 e. The van der Waals surface area contributed by atoms with Gasteiger partial charge in [0.2, 0.25) is 16.0 Å². The van der Waals surface area contributed by atoms with Crippen LogP contribution in [0.25, 0.3) is 27.9 Å². The summed E-state index contributed by atoms with van der Waals surface area (Å²) in [6.07, 6.45) is 0.669. The number of benzene rings is 3. The number of hydrogen-bond acceptors (Lipinski definition) is 7. The Hall–Kier alpha value is -4.02. The number of ether oxygens (including phenoxy) is 1. The molecule has 1 fully saturated rings. The molecule has 1 saturated heterocycles. The zero-order valence-corrected chi connectivity index (χ0v) is 21.2. The Kier molecular flexibility index (Phi) is 5.97. The lowest BCUT2D eigenvalue weighted by atomic mass is 10.2. The van der Waals surface area contributed by atoms with E-state index >= 15 is 0 Å². The molecule has 0 amide bonds. The van der Waals surface area contributed by atoms with E-state index in [1.807, 2.05) is 59.0 Å². The van der Waals surface area contributed by atoms with Crippen molar-refractivity contribution in [2.45, 2.75) is 11.3 Å². The predicted octanol–water partition coefficient (Wildman–Crippen LogP) is 3.85. The molecule has 1 aliphatic rings. The third-order valence-electron chi connectivity index (χ3n) is 6.70. The van der Waals surface area contributed by atoms with Crippen LogP contribution in [-0.4, -0.2) is 65.6 Å². The Morgan fingerprint density at radius 2 is 1.57 bits per heavy atom. The number of anilines is 1. The second-order valence-electron chi connectivity index (χ2n) is 8.90. The molecule has 5 aromatic rings. The van der Waals surface area contributed by atoms with E-state index in [2.05, 4.69) is 15.1 Å². The number of sulfonamides is 1. The first-order valence-corrected chi connectivity index (χ1v) is 13.6. The summed E-state index contributed by atoms with van der Waals surface area (Å²) in [6, 6.07) is 24.2. The van der Waals surface area contributed by atoms with Gasteiger partial charge in [0.25, 0.3) is 0 Å². The average Bonchev–Trinajstić information content (AvgIpc) is 3.23. The van der Waals surface area contributed by atoms with Gasteiger partial charge in [-0.2, -0.15) is 4.31 Å². The molecule has 0 aliphatic carbocycles. The number of methoxy groups -OCH3 is 1. The fourth-order valence-electron chi connectivity index (χ4n) is 4.78. The summed E-state index contributed by atoms with van der Waals surface area (Å²) in [7, 11) is -1.94. The van der Waals surface area contributed by atoms with E-state index in [4.69, 9.17) is 9.72 Å². The molecule has 1 aliphatic heterocycles. The topological polar surface area (TPSA) is 92.9 Å². The summed E-state index contributed by atoms with van der Waals surface area (Å²) in [5, 5.41) is 9.99. The summed E-state index contributed by atoms with van der Waals surface area (Å²) in [5.41, 5.74) is 2.41. The quantitative estimate of drug-likeness (QED) is 0.352. The van der Waals surface area contributed by atoms with Crippen LogP contribution in [0.5, 0.6) is 5.75 Å². The molecular formula is C27H26N6O3S. The van der Waals surface area contributed by atoms with Gasteiger partial charge >= 0.3 is 0 Å². The lowest BCUT2D eigenvalue weighted by Crippen LogP contribution is -2.36. The largest absolute Gasteiger partial charge is 0.497 e. The van der Waals surface area contributed by atoms with Crippen LogP contribution in [0.1, 0.15) is 6.42 Å². The summed E-state index contributed by atoms with van der Waals surface area (Å²) in [6.45, 7) is 1.94. The van der Waals surface area contributed by atoms with Gasteiger partial charge in [-0.1, -0.05) is 30.3 Å². The summed E-state index contributed by atoms with van der Waals surface area (Å²) >= 11 is 0. The average molecular weight is 515 g/mol. The van der Waals surface area contributed by atoms with Gasteiger partial charge in [-0.25, -0.2) is 17.8 Å². The molecule has 9 nitrogen and oxygen atoms in total. The van der Waals surface area contributed by atoms with Gasteiger partial charge in [0.1, 0.15) is 5.75 Å². The number of rotatable bonds is 5. The highest BCUT2D eigenvalue weighted by Gasteiger charge is 2.29. The lowest BCUT2D eigenvalue weighted by Gasteiger charge is -2.24. The summed E-state index contributed by atoms with van der Waals surface area (Å²) < 4.78 is 35.4. The number of fused-ring (bicyclic) bond motifs is 3. The lowest BCUT2D eigenvalue weighted by molar-refractivity contribution is 0.415. The molecule has 10 heteroatoms. The highest BCUT2D eigenvalue weighted by molar-refractivity contribution is 7.89. The second-order valence-corrected chi connectivity index (χ2v) is 10.8. The molecule has 188 valence electrons. The maximum Gasteiger partial charge on any atom is 0.243 e. The first-order valence-electron chi connectivity index (χ1n) is 12.1. The fourth-order valence-corrected chi connectivity index (χ4v) is 6.27. The van der Waals surface area contributed by atoms with Crippen molar-refractivity contribution in [3.63, 3.8) is 0 Å². The van der Waals surface area contributed by atoms with E-state index < -0.39 is 10.0 Å². The number of aromatic nitrogens is 4. The van der Waals surface area contributed by atoms with Crippen LogP contribution in [0.15, 0.2) is 83.8 Å². The van der Waals surface area contributed by atoms with E-state index in [0.29, 0.717) is 54.9 Å². The van der Waals surface area contributed by atoms with Crippen molar-refractivity contribution < 1.29 is 13.2 Å². The van der Waals surface area contributed by atoms with Crippen LogP contribution in [0, 0.1) is 0 Å². The molecule has 6 rings (SSSR count). The number of hydrogen-bond donors (Lipinski definition) is 0. The predicted molar refractivity (Wildman–Crippen MR) is 142 cm³/mol. The Bertz CT molecular complexity index is 1670. The van der Waals surface area contributed by atoms with Crippen molar-refractivity contribution in [1.82, 2.24) is 23.9 Å². The molecule has 0 spiro atoms. The van der Waals surface area contributed by atoms with Crippen LogP contribution >= 0.6 is 0 Å². The Morgan fingerprint density at radius 3 is 2.35 bits per heavy atom. The van der Waals surface area contributed by atoms with Crippen LogP contribution in [0.2, 0.25) is 0 Å². The number of para-hydroxylation sites is 1. The minimum absolute atomic E-state index is 0.315. The Labute approximate surface area is 215 Å². The fraction of sp³-hybridized carbons (Fsp3) is 0.222. The van der Waals surface area contributed by atoms with Crippen molar-refractivity contribution in [3.05, 3.63) is 78.9 Å². The second kappa shape index (κ2) is 9.45. The van der Waals surface area contributed by atoms with Gasteiger partial charge in [-0.05, 0) is 55.0 Å². The van der Waals surface area contributed by atoms with Crippen LogP contribution in [0.4, 0.5) is 5.95 Å². The molecule has 37 heavy (non-hydrogen) atoms.